The Morgan fingerprint density at radius 2 is 2.00 bits per heavy atom. The quantitative estimate of drug-likeness (QED) is 0.886. The number of ether oxygens (including phenoxy) is 1. The number of fused-ring (bicyclic) bond motifs is 1. The smallest absolute Gasteiger partial charge is 0.125 e. The van der Waals surface area contributed by atoms with Crippen molar-refractivity contribution >= 4 is 10.8 Å². The third kappa shape index (κ3) is 2.08. The molecule has 0 heterocycles. The predicted octanol–water partition coefficient (Wildman–Crippen LogP) is 3.68. The van der Waals surface area contributed by atoms with E-state index in [2.05, 4.69) is 12.1 Å². The standard InChI is InChI=1S/C16H18O2/c1-18-15-9-8-12-4-2-3-5-13(12)16(15)14(17)10-11-6-7-11/h2-5,8-9,11,14,17H,6-7,10H2,1H3. The third-order valence-electron chi connectivity index (χ3n) is 3.74. The lowest BCUT2D eigenvalue weighted by molar-refractivity contribution is 0.158. The highest BCUT2D eigenvalue weighted by atomic mass is 16.5. The average molecular weight is 242 g/mol. The van der Waals surface area contributed by atoms with Crippen molar-refractivity contribution in [3.63, 3.8) is 0 Å². The molecule has 2 aromatic rings. The summed E-state index contributed by atoms with van der Waals surface area (Å²) in [6.45, 7) is 0. The summed E-state index contributed by atoms with van der Waals surface area (Å²) in [7, 11) is 1.66. The van der Waals surface area contributed by atoms with E-state index in [1.54, 1.807) is 7.11 Å². The van der Waals surface area contributed by atoms with E-state index in [0.29, 0.717) is 5.92 Å². The fourth-order valence-corrected chi connectivity index (χ4v) is 2.58. The lowest BCUT2D eigenvalue weighted by atomic mass is 9.96. The topological polar surface area (TPSA) is 29.5 Å². The van der Waals surface area contributed by atoms with Crippen molar-refractivity contribution in [1.29, 1.82) is 0 Å². The normalized spacial score (nSPS) is 16.8. The lowest BCUT2D eigenvalue weighted by Crippen LogP contribution is -2.02. The maximum atomic E-state index is 10.5. The summed E-state index contributed by atoms with van der Waals surface area (Å²) in [6, 6.07) is 12.2. The van der Waals surface area contributed by atoms with Crippen molar-refractivity contribution < 1.29 is 9.84 Å². The zero-order chi connectivity index (χ0) is 12.5. The molecule has 18 heavy (non-hydrogen) atoms. The minimum atomic E-state index is -0.418. The van der Waals surface area contributed by atoms with E-state index >= 15 is 0 Å². The van der Waals surface area contributed by atoms with Gasteiger partial charge in [-0.2, -0.15) is 0 Å². The Balaban J connectivity index is 2.09. The number of rotatable bonds is 4. The first-order valence-electron chi connectivity index (χ1n) is 6.53. The molecule has 0 aromatic heterocycles. The summed E-state index contributed by atoms with van der Waals surface area (Å²) >= 11 is 0. The molecule has 1 unspecified atom stereocenters. The van der Waals surface area contributed by atoms with Crippen LogP contribution in [0.1, 0.15) is 30.9 Å². The molecule has 94 valence electrons. The van der Waals surface area contributed by atoms with Crippen molar-refractivity contribution in [2.45, 2.75) is 25.4 Å². The fourth-order valence-electron chi connectivity index (χ4n) is 2.58. The highest BCUT2D eigenvalue weighted by molar-refractivity contribution is 5.88. The third-order valence-corrected chi connectivity index (χ3v) is 3.74. The molecule has 1 N–H and O–H groups in total. The summed E-state index contributed by atoms with van der Waals surface area (Å²) in [5.41, 5.74) is 0.947. The molecule has 2 aromatic carbocycles. The summed E-state index contributed by atoms with van der Waals surface area (Å²) in [6.07, 6.45) is 2.94. The second-order valence-corrected chi connectivity index (χ2v) is 5.10. The number of aliphatic hydroxyl groups excluding tert-OH is 1. The molecular formula is C16H18O2. The van der Waals surface area contributed by atoms with Crippen molar-refractivity contribution in [3.8, 4) is 5.75 Å². The zero-order valence-electron chi connectivity index (χ0n) is 10.6. The van der Waals surface area contributed by atoms with Crippen molar-refractivity contribution in [1.82, 2.24) is 0 Å². The Bertz CT molecular complexity index is 558. The molecule has 1 atom stereocenters. The number of methoxy groups -OCH3 is 1. The first-order chi connectivity index (χ1) is 8.79. The van der Waals surface area contributed by atoms with E-state index in [1.165, 1.54) is 12.8 Å². The average Bonchev–Trinajstić information content (AvgIpc) is 3.21. The van der Waals surface area contributed by atoms with Gasteiger partial charge in [-0.05, 0) is 29.2 Å². The van der Waals surface area contributed by atoms with E-state index in [0.717, 1.165) is 28.5 Å². The predicted molar refractivity (Wildman–Crippen MR) is 72.8 cm³/mol. The van der Waals surface area contributed by atoms with Gasteiger partial charge < -0.3 is 9.84 Å². The van der Waals surface area contributed by atoms with E-state index < -0.39 is 6.10 Å². The van der Waals surface area contributed by atoms with Crippen molar-refractivity contribution in [3.05, 3.63) is 42.0 Å². The Labute approximate surface area is 107 Å². The Hall–Kier alpha value is -1.54. The van der Waals surface area contributed by atoms with Crippen LogP contribution in [0.4, 0.5) is 0 Å². The van der Waals surface area contributed by atoms with Gasteiger partial charge in [0.05, 0.1) is 13.2 Å². The number of hydrogen-bond donors (Lipinski definition) is 1. The van der Waals surface area contributed by atoms with Gasteiger partial charge in [0.2, 0.25) is 0 Å². The van der Waals surface area contributed by atoms with Crippen LogP contribution in [0.2, 0.25) is 0 Å². The SMILES string of the molecule is COc1ccc2ccccc2c1C(O)CC1CC1. The van der Waals surface area contributed by atoms with E-state index in [-0.39, 0.29) is 0 Å². The summed E-state index contributed by atoms with van der Waals surface area (Å²) in [5.74, 6) is 1.49. The van der Waals surface area contributed by atoms with Crippen molar-refractivity contribution in [2.24, 2.45) is 5.92 Å². The summed E-state index contributed by atoms with van der Waals surface area (Å²) in [4.78, 5) is 0. The van der Waals surface area contributed by atoms with Crippen LogP contribution in [-0.2, 0) is 0 Å². The van der Waals surface area contributed by atoms with Crippen molar-refractivity contribution in [2.75, 3.05) is 7.11 Å². The maximum absolute atomic E-state index is 10.5. The number of aliphatic hydroxyl groups is 1. The molecule has 2 nitrogen and oxygen atoms in total. The highest BCUT2D eigenvalue weighted by Crippen LogP contribution is 2.41. The van der Waals surface area contributed by atoms with Crippen LogP contribution in [0.15, 0.2) is 36.4 Å². The van der Waals surface area contributed by atoms with E-state index in [4.69, 9.17) is 4.74 Å². The van der Waals surface area contributed by atoms with Crippen LogP contribution in [-0.4, -0.2) is 12.2 Å². The second-order valence-electron chi connectivity index (χ2n) is 5.10. The molecular weight excluding hydrogens is 224 g/mol. The van der Waals surface area contributed by atoms with Gasteiger partial charge in [-0.15, -0.1) is 0 Å². The van der Waals surface area contributed by atoms with Gasteiger partial charge in [-0.25, -0.2) is 0 Å². The largest absolute Gasteiger partial charge is 0.496 e. The van der Waals surface area contributed by atoms with E-state index in [1.807, 2.05) is 24.3 Å². The Morgan fingerprint density at radius 3 is 2.72 bits per heavy atom. The molecule has 0 radical (unpaired) electrons. The van der Waals surface area contributed by atoms with E-state index in [9.17, 15) is 5.11 Å². The molecule has 3 rings (SSSR count). The van der Waals surface area contributed by atoms with Gasteiger partial charge in [-0.3, -0.25) is 0 Å². The molecule has 1 aliphatic carbocycles. The maximum Gasteiger partial charge on any atom is 0.125 e. The Morgan fingerprint density at radius 1 is 1.22 bits per heavy atom. The van der Waals surface area contributed by atoms with Crippen LogP contribution >= 0.6 is 0 Å². The van der Waals surface area contributed by atoms with Gasteiger partial charge in [0.25, 0.3) is 0 Å². The van der Waals surface area contributed by atoms with Crippen LogP contribution in [0.5, 0.6) is 5.75 Å². The number of benzene rings is 2. The molecule has 1 aliphatic rings. The molecule has 0 aliphatic heterocycles. The second kappa shape index (κ2) is 4.62. The number of hydrogen-bond acceptors (Lipinski definition) is 2. The molecule has 0 bridgehead atoms. The first kappa shape index (κ1) is 11.5. The molecule has 1 saturated carbocycles. The molecule has 1 fully saturated rings. The molecule has 0 amide bonds. The van der Waals surface area contributed by atoms with Gasteiger partial charge in [0.1, 0.15) is 5.75 Å². The molecule has 0 spiro atoms. The van der Waals surface area contributed by atoms with Gasteiger partial charge in [0.15, 0.2) is 0 Å². The Kier molecular flexibility index (Phi) is 2.96. The minimum absolute atomic E-state index is 0.418. The fraction of sp³-hybridized carbons (Fsp3) is 0.375. The molecule has 2 heteroatoms. The van der Waals surface area contributed by atoms with Gasteiger partial charge >= 0.3 is 0 Å². The monoisotopic (exact) mass is 242 g/mol. The first-order valence-corrected chi connectivity index (χ1v) is 6.53. The zero-order valence-corrected chi connectivity index (χ0v) is 10.6. The van der Waals surface area contributed by atoms with Crippen LogP contribution in [0.25, 0.3) is 10.8 Å². The van der Waals surface area contributed by atoms with Crippen LogP contribution in [0, 0.1) is 5.92 Å². The summed E-state index contributed by atoms with van der Waals surface area (Å²) in [5, 5.41) is 12.7. The van der Waals surface area contributed by atoms with Crippen LogP contribution in [0.3, 0.4) is 0 Å². The van der Waals surface area contributed by atoms with Crippen LogP contribution < -0.4 is 4.74 Å². The van der Waals surface area contributed by atoms with Gasteiger partial charge in [-0.1, -0.05) is 43.2 Å². The molecule has 0 saturated heterocycles. The highest BCUT2D eigenvalue weighted by Gasteiger charge is 2.27. The lowest BCUT2D eigenvalue weighted by Gasteiger charge is -2.17. The summed E-state index contributed by atoms with van der Waals surface area (Å²) < 4.78 is 5.42. The van der Waals surface area contributed by atoms with Gasteiger partial charge in [0, 0.05) is 5.56 Å². The minimum Gasteiger partial charge on any atom is -0.496 e.